The first-order chi connectivity index (χ1) is 7.27. The van der Waals surface area contributed by atoms with Gasteiger partial charge in [0.05, 0.1) is 13.5 Å². The minimum atomic E-state index is -0.105. The second-order valence-corrected chi connectivity index (χ2v) is 4.77. The third-order valence-electron chi connectivity index (χ3n) is 2.60. The van der Waals surface area contributed by atoms with Crippen molar-refractivity contribution in [2.24, 2.45) is 0 Å². The first-order valence-electron chi connectivity index (χ1n) is 5.27. The summed E-state index contributed by atoms with van der Waals surface area (Å²) < 4.78 is 4.71. The number of hydrogen-bond donors (Lipinski definition) is 0. The molecule has 15 heavy (non-hydrogen) atoms. The van der Waals surface area contributed by atoms with Crippen molar-refractivity contribution in [2.45, 2.75) is 18.9 Å². The summed E-state index contributed by atoms with van der Waals surface area (Å²) in [4.78, 5) is 13.6. The number of carbonyl (C=O) groups excluding carboxylic acids is 1. The Morgan fingerprint density at radius 2 is 2.53 bits per heavy atom. The number of nitrogens with zero attached hydrogens (tertiary/aromatic N) is 1. The molecule has 3 nitrogen and oxygen atoms in total. The van der Waals surface area contributed by atoms with Gasteiger partial charge in [-0.05, 0) is 6.42 Å². The van der Waals surface area contributed by atoms with E-state index in [2.05, 4.69) is 11.5 Å². The van der Waals surface area contributed by atoms with Crippen LogP contribution in [-0.2, 0) is 9.53 Å². The van der Waals surface area contributed by atoms with E-state index in [1.54, 1.807) is 0 Å². The Labute approximate surface area is 95.9 Å². The van der Waals surface area contributed by atoms with Crippen molar-refractivity contribution in [3.05, 3.63) is 12.7 Å². The molecule has 0 unspecified atom stereocenters. The molecule has 0 N–H and O–H groups in total. The maximum absolute atomic E-state index is 11.2. The lowest BCUT2D eigenvalue weighted by atomic mass is 10.2. The van der Waals surface area contributed by atoms with Gasteiger partial charge >= 0.3 is 5.97 Å². The van der Waals surface area contributed by atoms with Gasteiger partial charge in [0.25, 0.3) is 0 Å². The number of thioether (sulfide) groups is 1. The third-order valence-corrected chi connectivity index (χ3v) is 3.69. The summed E-state index contributed by atoms with van der Waals surface area (Å²) in [6.45, 7) is 5.80. The molecule has 0 bridgehead atoms. The van der Waals surface area contributed by atoms with Crippen LogP contribution in [0.1, 0.15) is 12.8 Å². The molecular weight excluding hydrogens is 210 g/mol. The molecule has 0 radical (unpaired) electrons. The van der Waals surface area contributed by atoms with E-state index in [-0.39, 0.29) is 5.97 Å². The number of carbonyl (C=O) groups is 1. The number of methoxy groups -OCH3 is 1. The predicted molar refractivity (Wildman–Crippen MR) is 64.1 cm³/mol. The van der Waals surface area contributed by atoms with Crippen LogP contribution < -0.4 is 0 Å². The second kappa shape index (κ2) is 6.90. The van der Waals surface area contributed by atoms with E-state index in [1.165, 1.54) is 7.11 Å². The SMILES string of the molecule is C=CCCN1CCSC[C@@H]1CC(=O)OC. The Kier molecular flexibility index (Phi) is 5.79. The first-order valence-corrected chi connectivity index (χ1v) is 6.43. The molecule has 0 spiro atoms. The van der Waals surface area contributed by atoms with Crippen LogP contribution in [0.5, 0.6) is 0 Å². The molecule has 0 aromatic carbocycles. The van der Waals surface area contributed by atoms with E-state index >= 15 is 0 Å². The van der Waals surface area contributed by atoms with Gasteiger partial charge in [0.1, 0.15) is 0 Å². The summed E-state index contributed by atoms with van der Waals surface area (Å²) >= 11 is 1.92. The normalized spacial score (nSPS) is 22.3. The molecule has 1 aliphatic rings. The molecule has 4 heteroatoms. The Bertz CT molecular complexity index is 221. The van der Waals surface area contributed by atoms with Crippen molar-refractivity contribution in [3.8, 4) is 0 Å². The summed E-state index contributed by atoms with van der Waals surface area (Å²) in [5, 5.41) is 0. The minimum Gasteiger partial charge on any atom is -0.469 e. The van der Waals surface area contributed by atoms with E-state index in [4.69, 9.17) is 4.74 Å². The minimum absolute atomic E-state index is 0.105. The van der Waals surface area contributed by atoms with Crippen molar-refractivity contribution in [1.29, 1.82) is 0 Å². The summed E-state index contributed by atoms with van der Waals surface area (Å²) in [7, 11) is 1.45. The molecule has 0 aliphatic carbocycles. The zero-order valence-electron chi connectivity index (χ0n) is 9.28. The van der Waals surface area contributed by atoms with Crippen LogP contribution in [0.25, 0.3) is 0 Å². The van der Waals surface area contributed by atoms with Gasteiger partial charge in [-0.15, -0.1) is 6.58 Å². The summed E-state index contributed by atoms with van der Waals surface area (Å²) in [6, 6.07) is 0.344. The van der Waals surface area contributed by atoms with Crippen LogP contribution in [0.15, 0.2) is 12.7 Å². The van der Waals surface area contributed by atoms with Gasteiger partial charge in [-0.3, -0.25) is 9.69 Å². The zero-order valence-corrected chi connectivity index (χ0v) is 10.1. The fraction of sp³-hybridized carbons (Fsp3) is 0.727. The average Bonchev–Trinajstić information content (AvgIpc) is 2.28. The van der Waals surface area contributed by atoms with Gasteiger partial charge in [-0.1, -0.05) is 6.08 Å². The molecule has 0 saturated carbocycles. The summed E-state index contributed by atoms with van der Waals surface area (Å²) in [5.41, 5.74) is 0. The fourth-order valence-corrected chi connectivity index (χ4v) is 2.84. The molecule has 0 amide bonds. The standard InChI is InChI=1S/C11H19NO2S/c1-3-4-5-12-6-7-15-9-10(12)8-11(13)14-2/h3,10H,1,4-9H2,2H3/t10-/m0/s1. The topological polar surface area (TPSA) is 29.5 Å². The monoisotopic (exact) mass is 229 g/mol. The maximum Gasteiger partial charge on any atom is 0.307 e. The van der Waals surface area contributed by atoms with E-state index in [0.717, 1.165) is 31.0 Å². The van der Waals surface area contributed by atoms with Gasteiger partial charge in [-0.2, -0.15) is 11.8 Å². The van der Waals surface area contributed by atoms with Crippen LogP contribution in [0, 0.1) is 0 Å². The Morgan fingerprint density at radius 3 is 3.20 bits per heavy atom. The molecule has 86 valence electrons. The van der Waals surface area contributed by atoms with Gasteiger partial charge in [0.2, 0.25) is 0 Å². The summed E-state index contributed by atoms with van der Waals surface area (Å²) in [6.07, 6.45) is 3.43. The number of ether oxygens (including phenoxy) is 1. The molecule has 1 aliphatic heterocycles. The number of esters is 1. The molecule has 1 rings (SSSR count). The molecule has 0 aromatic rings. The van der Waals surface area contributed by atoms with E-state index in [1.807, 2.05) is 17.8 Å². The molecule has 1 saturated heterocycles. The molecular formula is C11H19NO2S. The Hall–Kier alpha value is -0.480. The van der Waals surface area contributed by atoms with Crippen molar-refractivity contribution < 1.29 is 9.53 Å². The van der Waals surface area contributed by atoms with Crippen molar-refractivity contribution in [1.82, 2.24) is 4.90 Å². The van der Waals surface area contributed by atoms with Gasteiger partial charge < -0.3 is 4.74 Å². The maximum atomic E-state index is 11.2. The third kappa shape index (κ3) is 4.26. The summed E-state index contributed by atoms with van der Waals surface area (Å²) in [5.74, 6) is 2.09. The van der Waals surface area contributed by atoms with Crippen LogP contribution in [0.3, 0.4) is 0 Å². The molecule has 1 fully saturated rings. The lowest BCUT2D eigenvalue weighted by Crippen LogP contribution is -2.44. The fourth-order valence-electron chi connectivity index (χ4n) is 1.70. The number of rotatable bonds is 5. The second-order valence-electron chi connectivity index (χ2n) is 3.62. The first kappa shape index (κ1) is 12.6. The highest BCUT2D eigenvalue weighted by atomic mass is 32.2. The zero-order chi connectivity index (χ0) is 11.1. The van der Waals surface area contributed by atoms with Gasteiger partial charge in [-0.25, -0.2) is 0 Å². The predicted octanol–water partition coefficient (Wildman–Crippen LogP) is 1.54. The molecule has 1 heterocycles. The van der Waals surface area contributed by atoms with Crippen LogP contribution in [0.2, 0.25) is 0 Å². The highest BCUT2D eigenvalue weighted by molar-refractivity contribution is 7.99. The number of hydrogen-bond acceptors (Lipinski definition) is 4. The van der Waals surface area contributed by atoms with Crippen LogP contribution in [-0.4, -0.2) is 48.6 Å². The van der Waals surface area contributed by atoms with Crippen molar-refractivity contribution >= 4 is 17.7 Å². The lowest BCUT2D eigenvalue weighted by molar-refractivity contribution is -0.141. The Balaban J connectivity index is 2.41. The largest absolute Gasteiger partial charge is 0.469 e. The van der Waals surface area contributed by atoms with Gasteiger partial charge in [0.15, 0.2) is 0 Å². The average molecular weight is 229 g/mol. The van der Waals surface area contributed by atoms with Crippen LogP contribution in [0.4, 0.5) is 0 Å². The lowest BCUT2D eigenvalue weighted by Gasteiger charge is -2.34. The smallest absolute Gasteiger partial charge is 0.307 e. The van der Waals surface area contributed by atoms with Crippen molar-refractivity contribution in [3.63, 3.8) is 0 Å². The Morgan fingerprint density at radius 1 is 1.73 bits per heavy atom. The van der Waals surface area contributed by atoms with Crippen molar-refractivity contribution in [2.75, 3.05) is 31.7 Å². The molecule has 0 aromatic heterocycles. The highest BCUT2D eigenvalue weighted by Crippen LogP contribution is 2.19. The van der Waals surface area contributed by atoms with E-state index < -0.39 is 0 Å². The van der Waals surface area contributed by atoms with E-state index in [9.17, 15) is 4.79 Å². The van der Waals surface area contributed by atoms with Gasteiger partial charge in [0, 0.05) is 30.6 Å². The highest BCUT2D eigenvalue weighted by Gasteiger charge is 2.24. The van der Waals surface area contributed by atoms with Crippen LogP contribution >= 0.6 is 11.8 Å². The quantitative estimate of drug-likeness (QED) is 0.528. The molecule has 1 atom stereocenters. The van der Waals surface area contributed by atoms with E-state index in [0.29, 0.717) is 12.5 Å².